The van der Waals surface area contributed by atoms with E-state index in [0.717, 1.165) is 44.5 Å². The molecule has 0 fully saturated rings. The molecule has 0 spiro atoms. The molecule has 6 rings (SSSR count). The van der Waals surface area contributed by atoms with Crippen LogP contribution in [0.4, 0.5) is 0 Å². The molecule has 6 heteroatoms. The van der Waals surface area contributed by atoms with Gasteiger partial charge in [-0.25, -0.2) is 9.97 Å². The van der Waals surface area contributed by atoms with Gasteiger partial charge < -0.3 is 8.83 Å². The van der Waals surface area contributed by atoms with Crippen LogP contribution in [0.1, 0.15) is 0 Å². The monoisotopic (exact) mass is 456 g/mol. The summed E-state index contributed by atoms with van der Waals surface area (Å²) in [4.78, 5) is 9.31. The molecule has 0 aliphatic heterocycles. The van der Waals surface area contributed by atoms with E-state index < -0.39 is 0 Å². The summed E-state index contributed by atoms with van der Waals surface area (Å²) in [7, 11) is 0. The van der Waals surface area contributed by atoms with Crippen molar-refractivity contribution in [2.75, 3.05) is 0 Å². The number of fused-ring (bicyclic) bond motifs is 2. The Bertz CT molecular complexity index is 1460. The number of rotatable bonds is 3. The minimum absolute atomic E-state index is 0.563. The largest absolute Gasteiger partial charge is 0.436 e. The van der Waals surface area contributed by atoms with Gasteiger partial charge in [-0.15, -0.1) is 0 Å². The van der Waals surface area contributed by atoms with Crippen LogP contribution in [-0.4, -0.2) is 9.97 Å². The Morgan fingerprint density at radius 3 is 1.25 bits per heavy atom. The van der Waals surface area contributed by atoms with Crippen molar-refractivity contribution >= 4 is 45.4 Å². The number of halogens is 2. The van der Waals surface area contributed by atoms with E-state index in [-0.39, 0.29) is 0 Å². The zero-order valence-electron chi connectivity index (χ0n) is 16.5. The molecule has 4 nitrogen and oxygen atoms in total. The van der Waals surface area contributed by atoms with E-state index in [1.54, 1.807) is 0 Å². The average molecular weight is 457 g/mol. The lowest BCUT2D eigenvalue weighted by atomic mass is 10.0. The first-order valence-corrected chi connectivity index (χ1v) is 10.7. The van der Waals surface area contributed by atoms with Gasteiger partial charge in [0.2, 0.25) is 11.8 Å². The van der Waals surface area contributed by atoms with Crippen LogP contribution in [-0.2, 0) is 0 Å². The summed E-state index contributed by atoms with van der Waals surface area (Å²) in [5.41, 5.74) is 6.83. The Labute approximate surface area is 193 Å². The van der Waals surface area contributed by atoms with Crippen molar-refractivity contribution in [2.45, 2.75) is 0 Å². The average Bonchev–Trinajstić information content (AvgIpc) is 3.43. The highest BCUT2D eigenvalue weighted by Crippen LogP contribution is 2.32. The lowest BCUT2D eigenvalue weighted by Crippen LogP contribution is -1.80. The van der Waals surface area contributed by atoms with Crippen LogP contribution in [0.2, 0.25) is 10.0 Å². The Morgan fingerprint density at radius 1 is 0.469 bits per heavy atom. The highest BCUT2D eigenvalue weighted by molar-refractivity contribution is 6.30. The zero-order chi connectivity index (χ0) is 21.7. The predicted molar refractivity (Wildman–Crippen MR) is 128 cm³/mol. The van der Waals surface area contributed by atoms with Gasteiger partial charge >= 0.3 is 0 Å². The number of aromatic nitrogens is 2. The quantitative estimate of drug-likeness (QED) is 0.268. The van der Waals surface area contributed by atoms with Crippen LogP contribution in [0.3, 0.4) is 0 Å². The Hall–Kier alpha value is -3.60. The third-order valence-corrected chi connectivity index (χ3v) is 5.79. The topological polar surface area (TPSA) is 52.1 Å². The highest BCUT2D eigenvalue weighted by atomic mass is 35.5. The molecular weight excluding hydrogens is 443 g/mol. The number of hydrogen-bond acceptors (Lipinski definition) is 4. The maximum Gasteiger partial charge on any atom is 0.227 e. The van der Waals surface area contributed by atoms with E-state index in [1.807, 2.05) is 84.9 Å². The molecule has 0 aliphatic rings. The fraction of sp³-hybridized carbons (Fsp3) is 0. The summed E-state index contributed by atoms with van der Waals surface area (Å²) in [6.07, 6.45) is 0. The normalized spacial score (nSPS) is 11.4. The second kappa shape index (κ2) is 7.52. The first-order chi connectivity index (χ1) is 15.6. The van der Waals surface area contributed by atoms with Crippen LogP contribution in [0.5, 0.6) is 0 Å². The lowest BCUT2D eigenvalue weighted by molar-refractivity contribution is 0.619. The maximum absolute atomic E-state index is 5.98. The molecule has 0 saturated carbocycles. The van der Waals surface area contributed by atoms with E-state index in [1.165, 1.54) is 0 Å². The maximum atomic E-state index is 5.98. The molecule has 0 aliphatic carbocycles. The Morgan fingerprint density at radius 2 is 0.844 bits per heavy atom. The SMILES string of the molecule is Clc1ccc(-c2nc3cc(-c4ccc5oc(-c6ccc(Cl)cc6)nc5c4)ccc3o2)cc1. The molecule has 2 heterocycles. The molecule has 4 aromatic carbocycles. The lowest BCUT2D eigenvalue weighted by Gasteiger charge is -2.00. The predicted octanol–water partition coefficient (Wildman–Crippen LogP) is 8.28. The van der Waals surface area contributed by atoms with Crippen LogP contribution in [0.25, 0.3) is 56.2 Å². The van der Waals surface area contributed by atoms with E-state index in [4.69, 9.17) is 32.0 Å². The zero-order valence-corrected chi connectivity index (χ0v) is 18.1. The van der Waals surface area contributed by atoms with E-state index in [2.05, 4.69) is 9.97 Å². The van der Waals surface area contributed by atoms with Crippen LogP contribution >= 0.6 is 23.2 Å². The molecule has 2 aromatic heterocycles. The van der Waals surface area contributed by atoms with Gasteiger partial charge in [-0.05, 0) is 83.9 Å². The molecule has 0 N–H and O–H groups in total. The first-order valence-electron chi connectivity index (χ1n) is 9.96. The van der Waals surface area contributed by atoms with Crippen molar-refractivity contribution in [3.63, 3.8) is 0 Å². The number of nitrogens with zero attached hydrogens (tertiary/aromatic N) is 2. The van der Waals surface area contributed by atoms with Crippen molar-refractivity contribution in [2.24, 2.45) is 0 Å². The second-order valence-corrected chi connectivity index (χ2v) is 8.29. The molecule has 0 radical (unpaired) electrons. The standard InChI is InChI=1S/C26H14Cl2N2O2/c27-19-7-1-15(2-8-19)25-29-21-13-17(5-11-23(21)31-25)18-6-12-24-22(14-18)30-26(32-24)16-3-9-20(28)10-4-16/h1-14H. The fourth-order valence-electron chi connectivity index (χ4n) is 3.65. The fourth-order valence-corrected chi connectivity index (χ4v) is 3.90. The summed E-state index contributed by atoms with van der Waals surface area (Å²) in [5.74, 6) is 1.13. The minimum Gasteiger partial charge on any atom is -0.436 e. The van der Waals surface area contributed by atoms with Crippen molar-refractivity contribution in [1.29, 1.82) is 0 Å². The summed E-state index contributed by atoms with van der Waals surface area (Å²) in [6, 6.07) is 26.8. The minimum atomic E-state index is 0.563. The van der Waals surface area contributed by atoms with Crippen LogP contribution in [0, 0.1) is 0 Å². The van der Waals surface area contributed by atoms with E-state index in [0.29, 0.717) is 21.8 Å². The van der Waals surface area contributed by atoms with Gasteiger partial charge in [0.1, 0.15) is 11.0 Å². The number of oxazole rings is 2. The van der Waals surface area contributed by atoms with Crippen molar-refractivity contribution in [3.8, 4) is 34.0 Å². The first kappa shape index (κ1) is 19.1. The van der Waals surface area contributed by atoms with Gasteiger partial charge in [0.15, 0.2) is 11.2 Å². The van der Waals surface area contributed by atoms with Crippen LogP contribution in [0.15, 0.2) is 93.8 Å². The highest BCUT2D eigenvalue weighted by Gasteiger charge is 2.12. The van der Waals surface area contributed by atoms with Gasteiger partial charge in [0.25, 0.3) is 0 Å². The second-order valence-electron chi connectivity index (χ2n) is 7.42. The molecule has 0 atom stereocenters. The molecule has 32 heavy (non-hydrogen) atoms. The summed E-state index contributed by atoms with van der Waals surface area (Å²) >= 11 is 12.0. The summed E-state index contributed by atoms with van der Waals surface area (Å²) < 4.78 is 11.8. The molecule has 154 valence electrons. The van der Waals surface area contributed by atoms with E-state index >= 15 is 0 Å². The van der Waals surface area contributed by atoms with Crippen molar-refractivity contribution < 1.29 is 8.83 Å². The van der Waals surface area contributed by atoms with Crippen molar-refractivity contribution in [3.05, 3.63) is 95.0 Å². The van der Waals surface area contributed by atoms with E-state index in [9.17, 15) is 0 Å². The van der Waals surface area contributed by atoms with Gasteiger partial charge in [-0.3, -0.25) is 0 Å². The van der Waals surface area contributed by atoms with Gasteiger partial charge in [0.05, 0.1) is 0 Å². The van der Waals surface area contributed by atoms with Gasteiger partial charge in [0, 0.05) is 21.2 Å². The summed E-state index contributed by atoms with van der Waals surface area (Å²) in [5, 5.41) is 1.35. The van der Waals surface area contributed by atoms with Crippen LogP contribution < -0.4 is 0 Å². The molecule has 0 bridgehead atoms. The van der Waals surface area contributed by atoms with Crippen molar-refractivity contribution in [1.82, 2.24) is 9.97 Å². The Kier molecular flexibility index (Phi) is 4.49. The number of benzene rings is 4. The molecule has 0 amide bonds. The molecule has 0 saturated heterocycles. The Balaban J connectivity index is 1.37. The molecular formula is C26H14Cl2N2O2. The van der Waals surface area contributed by atoms with Gasteiger partial charge in [-0.1, -0.05) is 35.3 Å². The van der Waals surface area contributed by atoms with Gasteiger partial charge in [-0.2, -0.15) is 0 Å². The third kappa shape index (κ3) is 3.44. The molecule has 6 aromatic rings. The molecule has 0 unspecified atom stereocenters. The summed E-state index contributed by atoms with van der Waals surface area (Å²) in [6.45, 7) is 0. The third-order valence-electron chi connectivity index (χ3n) is 5.29. The smallest absolute Gasteiger partial charge is 0.227 e. The number of hydrogen-bond donors (Lipinski definition) is 0.